The van der Waals surface area contributed by atoms with Crippen LogP contribution in [0, 0.1) is 11.3 Å². The Morgan fingerprint density at radius 1 is 1.28 bits per heavy atom. The fraction of sp³-hybridized carbons (Fsp3) is 0.857. The lowest BCUT2D eigenvalue weighted by Gasteiger charge is -2.20. The zero-order valence-electron chi connectivity index (χ0n) is 11.6. The number of rotatable bonds is 5. The highest BCUT2D eigenvalue weighted by atomic mass is 15.3. The lowest BCUT2D eigenvalue weighted by molar-refractivity contribution is 0.334. The topological polar surface area (TPSA) is 42.7 Å². The summed E-state index contributed by atoms with van der Waals surface area (Å²) in [6.07, 6.45) is 6.41. The van der Waals surface area contributed by atoms with Crippen LogP contribution in [-0.4, -0.2) is 21.3 Å². The first kappa shape index (κ1) is 12.2. The lowest BCUT2D eigenvalue weighted by atomic mass is 9.92. The van der Waals surface area contributed by atoms with Gasteiger partial charge in [-0.1, -0.05) is 13.8 Å². The molecule has 1 aliphatic heterocycles. The Kier molecular flexibility index (Phi) is 3.14. The summed E-state index contributed by atoms with van der Waals surface area (Å²) in [4.78, 5) is 0. The van der Waals surface area contributed by atoms with Gasteiger partial charge in [0.25, 0.3) is 0 Å². The van der Waals surface area contributed by atoms with E-state index in [4.69, 9.17) is 0 Å². The van der Waals surface area contributed by atoms with E-state index in [9.17, 15) is 0 Å². The molecule has 1 aromatic rings. The molecule has 0 saturated heterocycles. The Labute approximate surface area is 109 Å². The summed E-state index contributed by atoms with van der Waals surface area (Å²) in [6, 6.07) is 0. The van der Waals surface area contributed by atoms with Crippen molar-refractivity contribution in [3.05, 3.63) is 11.6 Å². The van der Waals surface area contributed by atoms with Crippen LogP contribution in [-0.2, 0) is 19.5 Å². The molecule has 2 heterocycles. The van der Waals surface area contributed by atoms with Crippen molar-refractivity contribution in [2.45, 2.75) is 59.0 Å². The molecular weight excluding hydrogens is 224 g/mol. The molecule has 1 saturated carbocycles. The molecule has 0 aromatic carbocycles. The zero-order valence-corrected chi connectivity index (χ0v) is 11.6. The molecule has 0 radical (unpaired) electrons. The van der Waals surface area contributed by atoms with Crippen LogP contribution in [0.25, 0.3) is 0 Å². The molecule has 3 rings (SSSR count). The van der Waals surface area contributed by atoms with Crippen LogP contribution in [0.15, 0.2) is 0 Å². The van der Waals surface area contributed by atoms with E-state index in [0.29, 0.717) is 5.41 Å². The van der Waals surface area contributed by atoms with Gasteiger partial charge >= 0.3 is 0 Å². The maximum absolute atomic E-state index is 4.33. The fourth-order valence-corrected chi connectivity index (χ4v) is 3.04. The van der Waals surface area contributed by atoms with Crippen LogP contribution in [0.2, 0.25) is 0 Å². The highest BCUT2D eigenvalue weighted by Gasteiger charge is 2.44. The molecule has 0 atom stereocenters. The minimum atomic E-state index is 0.574. The minimum absolute atomic E-state index is 0.574. The van der Waals surface area contributed by atoms with E-state index in [0.717, 1.165) is 37.8 Å². The van der Waals surface area contributed by atoms with Gasteiger partial charge in [-0.05, 0) is 37.0 Å². The van der Waals surface area contributed by atoms with Crippen LogP contribution in [0.4, 0.5) is 0 Å². The molecule has 0 amide bonds. The average molecular weight is 248 g/mol. The number of hydrogen-bond acceptors (Lipinski definition) is 3. The van der Waals surface area contributed by atoms with Crippen molar-refractivity contribution in [3.63, 3.8) is 0 Å². The predicted molar refractivity (Wildman–Crippen MR) is 71.2 cm³/mol. The molecule has 18 heavy (non-hydrogen) atoms. The quantitative estimate of drug-likeness (QED) is 0.868. The van der Waals surface area contributed by atoms with Gasteiger partial charge in [0.05, 0.1) is 6.54 Å². The monoisotopic (exact) mass is 248 g/mol. The molecule has 100 valence electrons. The molecule has 2 aliphatic rings. The highest BCUT2D eigenvalue weighted by Crippen LogP contribution is 2.51. The number of fused-ring (bicyclic) bond motifs is 1. The molecule has 0 spiro atoms. The van der Waals surface area contributed by atoms with Gasteiger partial charge in [-0.3, -0.25) is 0 Å². The summed E-state index contributed by atoms with van der Waals surface area (Å²) in [6.45, 7) is 7.80. The Bertz CT molecular complexity index is 417. The Morgan fingerprint density at radius 3 is 2.83 bits per heavy atom. The van der Waals surface area contributed by atoms with Gasteiger partial charge in [0.1, 0.15) is 11.6 Å². The molecule has 0 bridgehead atoms. The Morgan fingerprint density at radius 2 is 2.11 bits per heavy atom. The van der Waals surface area contributed by atoms with Gasteiger partial charge in [0.15, 0.2) is 0 Å². The van der Waals surface area contributed by atoms with Gasteiger partial charge in [-0.25, -0.2) is 0 Å². The Hall–Kier alpha value is -0.900. The molecule has 1 aromatic heterocycles. The van der Waals surface area contributed by atoms with E-state index in [-0.39, 0.29) is 0 Å². The van der Waals surface area contributed by atoms with Crippen LogP contribution in [0.5, 0.6) is 0 Å². The van der Waals surface area contributed by atoms with Gasteiger partial charge < -0.3 is 9.88 Å². The summed E-state index contributed by atoms with van der Waals surface area (Å²) in [5, 5.41) is 12.2. The van der Waals surface area contributed by atoms with Crippen molar-refractivity contribution in [1.82, 2.24) is 20.1 Å². The normalized spacial score (nSPS) is 21.1. The first-order chi connectivity index (χ1) is 8.71. The molecule has 0 unspecified atom stereocenters. The van der Waals surface area contributed by atoms with Crippen molar-refractivity contribution in [3.8, 4) is 0 Å². The smallest absolute Gasteiger partial charge is 0.147 e. The fourth-order valence-electron chi connectivity index (χ4n) is 3.04. The van der Waals surface area contributed by atoms with Gasteiger partial charge in [0.2, 0.25) is 0 Å². The van der Waals surface area contributed by atoms with Crippen molar-refractivity contribution < 1.29 is 0 Å². The molecular formula is C14H24N4. The summed E-state index contributed by atoms with van der Waals surface area (Å²) in [7, 11) is 0. The van der Waals surface area contributed by atoms with Crippen LogP contribution < -0.4 is 5.32 Å². The van der Waals surface area contributed by atoms with Gasteiger partial charge in [0, 0.05) is 19.5 Å². The highest BCUT2D eigenvalue weighted by molar-refractivity contribution is 5.00. The summed E-state index contributed by atoms with van der Waals surface area (Å²) in [5.41, 5.74) is 0.574. The summed E-state index contributed by atoms with van der Waals surface area (Å²) in [5.74, 6) is 3.10. The number of nitrogens with zero attached hydrogens (tertiary/aromatic N) is 3. The van der Waals surface area contributed by atoms with E-state index >= 15 is 0 Å². The van der Waals surface area contributed by atoms with Crippen molar-refractivity contribution in [2.24, 2.45) is 11.3 Å². The molecule has 1 N–H and O–H groups in total. The summed E-state index contributed by atoms with van der Waals surface area (Å²) < 4.78 is 2.31. The second kappa shape index (κ2) is 4.65. The third-order valence-electron chi connectivity index (χ3n) is 4.81. The number of aromatic nitrogens is 3. The van der Waals surface area contributed by atoms with Gasteiger partial charge in [-0.2, -0.15) is 0 Å². The van der Waals surface area contributed by atoms with Crippen molar-refractivity contribution in [1.29, 1.82) is 0 Å². The second-order valence-electron chi connectivity index (χ2n) is 6.26. The minimum Gasteiger partial charge on any atom is -0.314 e. The van der Waals surface area contributed by atoms with Crippen molar-refractivity contribution in [2.75, 3.05) is 6.54 Å². The SMILES string of the molecule is CC(C)C1(CNCc2nnc3n2CCCC3)CC1. The number of hydrogen-bond donors (Lipinski definition) is 1. The van der Waals surface area contributed by atoms with Crippen LogP contribution in [0.3, 0.4) is 0 Å². The van der Waals surface area contributed by atoms with Crippen LogP contribution >= 0.6 is 0 Å². The Balaban J connectivity index is 1.56. The van der Waals surface area contributed by atoms with Gasteiger partial charge in [-0.15, -0.1) is 10.2 Å². The predicted octanol–water partition coefficient (Wildman–Crippen LogP) is 2.14. The summed E-state index contributed by atoms with van der Waals surface area (Å²) >= 11 is 0. The van der Waals surface area contributed by atoms with Crippen molar-refractivity contribution >= 4 is 0 Å². The van der Waals surface area contributed by atoms with E-state index < -0.39 is 0 Å². The standard InChI is InChI=1S/C14H24N4/c1-11(2)14(6-7-14)10-15-9-13-17-16-12-5-3-4-8-18(12)13/h11,15H,3-10H2,1-2H3. The zero-order chi connectivity index (χ0) is 12.6. The largest absolute Gasteiger partial charge is 0.314 e. The second-order valence-corrected chi connectivity index (χ2v) is 6.26. The maximum atomic E-state index is 4.33. The van der Waals surface area contributed by atoms with E-state index in [1.54, 1.807) is 0 Å². The molecule has 1 fully saturated rings. The molecule has 4 nitrogen and oxygen atoms in total. The van der Waals surface area contributed by atoms with E-state index in [1.165, 1.54) is 31.5 Å². The first-order valence-electron chi connectivity index (χ1n) is 7.33. The first-order valence-corrected chi connectivity index (χ1v) is 7.33. The van der Waals surface area contributed by atoms with E-state index in [1.807, 2.05) is 0 Å². The number of nitrogens with one attached hydrogen (secondary N) is 1. The average Bonchev–Trinajstić information content (AvgIpc) is 3.06. The molecule has 1 aliphatic carbocycles. The third-order valence-corrected chi connectivity index (χ3v) is 4.81. The van der Waals surface area contributed by atoms with Crippen LogP contribution in [0.1, 0.15) is 51.2 Å². The molecule has 4 heteroatoms. The maximum Gasteiger partial charge on any atom is 0.147 e. The number of aryl methyl sites for hydroxylation is 1. The third kappa shape index (κ3) is 2.18. The lowest BCUT2D eigenvalue weighted by Crippen LogP contribution is -2.28. The van der Waals surface area contributed by atoms with E-state index in [2.05, 4.69) is 33.9 Å².